The van der Waals surface area contributed by atoms with Crippen LogP contribution in [0.1, 0.15) is 23.2 Å². The first-order valence-electron chi connectivity index (χ1n) is 3.74. The summed E-state index contributed by atoms with van der Waals surface area (Å²) in [4.78, 5) is 3.66. The van der Waals surface area contributed by atoms with Crippen molar-refractivity contribution in [2.24, 2.45) is 0 Å². The molecule has 4 heteroatoms. The first kappa shape index (κ1) is 7.61. The topological polar surface area (TPSA) is 24.9 Å². The zero-order chi connectivity index (χ0) is 8.55. The Kier molecular flexibility index (Phi) is 1.77. The second-order valence-corrected chi connectivity index (χ2v) is 2.78. The highest BCUT2D eigenvalue weighted by molar-refractivity contribution is 5.29. The van der Waals surface area contributed by atoms with Crippen molar-refractivity contribution in [3.8, 4) is 0 Å². The molecule has 2 nitrogen and oxygen atoms in total. The van der Waals surface area contributed by atoms with Crippen LogP contribution >= 0.6 is 0 Å². The van der Waals surface area contributed by atoms with Crippen LogP contribution in [-0.2, 0) is 13.1 Å². The number of hydrogen-bond donors (Lipinski definition) is 1. The van der Waals surface area contributed by atoms with Gasteiger partial charge in [-0.15, -0.1) is 0 Å². The molecule has 0 radical (unpaired) electrons. The molecule has 0 saturated carbocycles. The summed E-state index contributed by atoms with van der Waals surface area (Å²) < 4.78 is 24.3. The Hall–Kier alpha value is -1.03. The minimum Gasteiger partial charge on any atom is -0.309 e. The van der Waals surface area contributed by atoms with E-state index < -0.39 is 6.43 Å². The van der Waals surface area contributed by atoms with E-state index in [4.69, 9.17) is 0 Å². The normalized spacial score (nSPS) is 15.2. The van der Waals surface area contributed by atoms with Gasteiger partial charge in [0, 0.05) is 19.3 Å². The summed E-state index contributed by atoms with van der Waals surface area (Å²) in [6.07, 6.45) is -0.938. The van der Waals surface area contributed by atoms with Crippen molar-refractivity contribution < 1.29 is 8.78 Å². The number of nitrogens with one attached hydrogen (secondary N) is 1. The van der Waals surface area contributed by atoms with E-state index in [1.807, 2.05) is 0 Å². The van der Waals surface area contributed by atoms with E-state index in [0.29, 0.717) is 6.54 Å². The second-order valence-electron chi connectivity index (χ2n) is 2.78. The van der Waals surface area contributed by atoms with Crippen LogP contribution in [0.15, 0.2) is 12.3 Å². The van der Waals surface area contributed by atoms with E-state index >= 15 is 0 Å². The summed E-state index contributed by atoms with van der Waals surface area (Å²) in [7, 11) is 0. The molecule has 2 rings (SSSR count). The first-order chi connectivity index (χ1) is 5.77. The molecule has 0 unspecified atom stereocenters. The van der Waals surface area contributed by atoms with Crippen molar-refractivity contribution in [1.29, 1.82) is 0 Å². The van der Waals surface area contributed by atoms with Crippen LogP contribution in [0.25, 0.3) is 0 Å². The molecule has 12 heavy (non-hydrogen) atoms. The van der Waals surface area contributed by atoms with Gasteiger partial charge in [-0.1, -0.05) is 0 Å². The third-order valence-corrected chi connectivity index (χ3v) is 1.96. The molecule has 0 aliphatic carbocycles. The van der Waals surface area contributed by atoms with E-state index in [1.165, 1.54) is 12.3 Å². The molecule has 0 saturated heterocycles. The number of fused-ring (bicyclic) bond motifs is 1. The number of aromatic nitrogens is 1. The van der Waals surface area contributed by atoms with Crippen LogP contribution in [-0.4, -0.2) is 4.98 Å². The molecular weight excluding hydrogens is 162 g/mol. The molecule has 1 aromatic rings. The molecule has 0 amide bonds. The fraction of sp³-hybridized carbons (Fsp3) is 0.375. The summed E-state index contributed by atoms with van der Waals surface area (Å²) in [5.41, 5.74) is 1.84. The Balaban J connectivity index is 2.39. The van der Waals surface area contributed by atoms with Crippen molar-refractivity contribution >= 4 is 0 Å². The van der Waals surface area contributed by atoms with Crippen molar-refractivity contribution in [2.45, 2.75) is 19.5 Å². The average Bonchev–Trinajstić information content (AvgIpc) is 2.49. The standard InChI is InChI=1S/C8H8F2N2/c9-8(10)7-1-5-2-11-3-6(5)4-12-7/h1,4,8,11H,2-3H2. The first-order valence-corrected chi connectivity index (χ1v) is 3.74. The van der Waals surface area contributed by atoms with Crippen LogP contribution in [0.4, 0.5) is 8.78 Å². The molecule has 1 N–H and O–H groups in total. The number of pyridine rings is 1. The Morgan fingerprint density at radius 3 is 2.83 bits per heavy atom. The highest BCUT2D eigenvalue weighted by atomic mass is 19.3. The van der Waals surface area contributed by atoms with Crippen molar-refractivity contribution in [2.75, 3.05) is 0 Å². The Morgan fingerprint density at radius 1 is 1.33 bits per heavy atom. The van der Waals surface area contributed by atoms with Crippen LogP contribution in [0.5, 0.6) is 0 Å². The van der Waals surface area contributed by atoms with Crippen LogP contribution in [0.2, 0.25) is 0 Å². The lowest BCUT2D eigenvalue weighted by molar-refractivity contribution is 0.146. The van der Waals surface area contributed by atoms with Crippen molar-refractivity contribution in [3.63, 3.8) is 0 Å². The highest BCUT2D eigenvalue weighted by Gasteiger charge is 2.15. The van der Waals surface area contributed by atoms with E-state index in [9.17, 15) is 8.78 Å². The minimum absolute atomic E-state index is 0.127. The van der Waals surface area contributed by atoms with Gasteiger partial charge in [-0.3, -0.25) is 4.98 Å². The molecule has 0 spiro atoms. The van der Waals surface area contributed by atoms with Gasteiger partial charge in [-0.25, -0.2) is 8.78 Å². The summed E-state index contributed by atoms with van der Waals surface area (Å²) in [5.74, 6) is 0. The van der Waals surface area contributed by atoms with Crippen LogP contribution < -0.4 is 5.32 Å². The van der Waals surface area contributed by atoms with Gasteiger partial charge in [0.1, 0.15) is 5.69 Å². The van der Waals surface area contributed by atoms with Gasteiger partial charge in [0.2, 0.25) is 0 Å². The molecule has 0 fully saturated rings. The predicted octanol–water partition coefficient (Wildman–Crippen LogP) is 1.62. The van der Waals surface area contributed by atoms with Gasteiger partial charge >= 0.3 is 0 Å². The van der Waals surface area contributed by atoms with Gasteiger partial charge in [-0.05, 0) is 17.2 Å². The second kappa shape index (κ2) is 2.79. The number of halogens is 2. The maximum atomic E-state index is 12.2. The summed E-state index contributed by atoms with van der Waals surface area (Å²) in [6.45, 7) is 1.42. The molecule has 0 bridgehead atoms. The fourth-order valence-electron chi connectivity index (χ4n) is 1.32. The van der Waals surface area contributed by atoms with Crippen molar-refractivity contribution in [3.05, 3.63) is 29.1 Å². The molecule has 1 aliphatic rings. The largest absolute Gasteiger partial charge is 0.309 e. The van der Waals surface area contributed by atoms with Crippen LogP contribution in [0.3, 0.4) is 0 Å². The quantitative estimate of drug-likeness (QED) is 0.692. The van der Waals surface area contributed by atoms with Gasteiger partial charge in [0.25, 0.3) is 6.43 Å². The Labute approximate surface area is 68.6 Å². The zero-order valence-electron chi connectivity index (χ0n) is 6.35. The van der Waals surface area contributed by atoms with Gasteiger partial charge in [-0.2, -0.15) is 0 Å². The van der Waals surface area contributed by atoms with Crippen LogP contribution in [0, 0.1) is 0 Å². The SMILES string of the molecule is FC(F)c1cc2c(cn1)CNC2. The van der Waals surface area contributed by atoms with E-state index in [0.717, 1.165) is 17.7 Å². The molecule has 1 aromatic heterocycles. The molecule has 0 aromatic carbocycles. The third kappa shape index (κ3) is 1.18. The Morgan fingerprint density at radius 2 is 2.08 bits per heavy atom. The fourth-order valence-corrected chi connectivity index (χ4v) is 1.32. The average molecular weight is 170 g/mol. The maximum absolute atomic E-state index is 12.2. The lowest BCUT2D eigenvalue weighted by Crippen LogP contribution is -1.99. The lowest BCUT2D eigenvalue weighted by atomic mass is 10.1. The number of rotatable bonds is 1. The Bertz CT molecular complexity index is 299. The molecule has 64 valence electrons. The molecule has 2 heterocycles. The monoisotopic (exact) mass is 170 g/mol. The smallest absolute Gasteiger partial charge is 0.280 e. The lowest BCUT2D eigenvalue weighted by Gasteiger charge is -2.00. The summed E-state index contributed by atoms with van der Waals surface area (Å²) >= 11 is 0. The zero-order valence-corrected chi connectivity index (χ0v) is 6.35. The summed E-state index contributed by atoms with van der Waals surface area (Å²) in [6, 6.07) is 1.47. The van der Waals surface area contributed by atoms with Crippen molar-refractivity contribution in [1.82, 2.24) is 10.3 Å². The summed E-state index contributed by atoms with van der Waals surface area (Å²) in [5, 5.41) is 3.07. The maximum Gasteiger partial charge on any atom is 0.280 e. The number of nitrogens with zero attached hydrogens (tertiary/aromatic N) is 1. The number of hydrogen-bond acceptors (Lipinski definition) is 2. The molecule has 0 atom stereocenters. The predicted molar refractivity (Wildman–Crippen MR) is 39.7 cm³/mol. The molecular formula is C8H8F2N2. The molecule has 1 aliphatic heterocycles. The van der Waals surface area contributed by atoms with E-state index in [2.05, 4.69) is 10.3 Å². The minimum atomic E-state index is -2.46. The third-order valence-electron chi connectivity index (χ3n) is 1.96. The van der Waals surface area contributed by atoms with E-state index in [1.54, 1.807) is 0 Å². The van der Waals surface area contributed by atoms with Gasteiger partial charge < -0.3 is 5.32 Å². The van der Waals surface area contributed by atoms with Gasteiger partial charge in [0.05, 0.1) is 0 Å². The van der Waals surface area contributed by atoms with E-state index in [-0.39, 0.29) is 5.69 Å². The number of alkyl halides is 2. The van der Waals surface area contributed by atoms with Gasteiger partial charge in [0.15, 0.2) is 0 Å². The highest BCUT2D eigenvalue weighted by Crippen LogP contribution is 2.21.